The van der Waals surface area contributed by atoms with Crippen LogP contribution in [0.25, 0.3) is 0 Å². The molecule has 176 valence electrons. The number of hydrogen-bond acceptors (Lipinski definition) is 5. The fourth-order valence-corrected chi connectivity index (χ4v) is 4.01. The van der Waals surface area contributed by atoms with E-state index in [0.29, 0.717) is 56.6 Å². The first kappa shape index (κ1) is 24.0. The quantitative estimate of drug-likeness (QED) is 0.401. The molecule has 0 spiro atoms. The molecule has 3 rings (SSSR count). The predicted octanol–water partition coefficient (Wildman–Crippen LogP) is 3.93. The second kappa shape index (κ2) is 11.9. The van der Waals surface area contributed by atoms with Gasteiger partial charge in [0, 0.05) is 31.6 Å². The number of guanidine groups is 1. The third kappa shape index (κ3) is 6.45. The average molecular weight is 446 g/mol. The highest BCUT2D eigenvalue weighted by molar-refractivity contribution is 5.79. The van der Waals surface area contributed by atoms with Crippen LogP contribution in [0, 0.1) is 5.82 Å². The summed E-state index contributed by atoms with van der Waals surface area (Å²) in [5.41, 5.74) is 2.39. The lowest BCUT2D eigenvalue weighted by Crippen LogP contribution is -2.36. The second-order valence-electron chi connectivity index (χ2n) is 8.28. The summed E-state index contributed by atoms with van der Waals surface area (Å²) in [6.45, 7) is 9.21. The molecule has 1 fully saturated rings. The maximum absolute atomic E-state index is 14.7. The molecule has 0 saturated carbocycles. The molecule has 1 saturated heterocycles. The van der Waals surface area contributed by atoms with Crippen molar-refractivity contribution in [2.75, 3.05) is 24.5 Å². The molecule has 0 bridgehead atoms. The van der Waals surface area contributed by atoms with E-state index >= 15 is 0 Å². The molecular formula is C24H36FN5O2. The van der Waals surface area contributed by atoms with Gasteiger partial charge in [0.1, 0.15) is 5.82 Å². The zero-order chi connectivity index (χ0) is 22.9. The Labute approximate surface area is 190 Å². The Morgan fingerprint density at radius 3 is 2.62 bits per heavy atom. The zero-order valence-electron chi connectivity index (χ0n) is 19.4. The van der Waals surface area contributed by atoms with E-state index in [9.17, 15) is 9.50 Å². The number of aromatic nitrogens is 1. The fourth-order valence-electron chi connectivity index (χ4n) is 4.01. The lowest BCUT2D eigenvalue weighted by Gasteiger charge is -2.31. The van der Waals surface area contributed by atoms with E-state index in [-0.39, 0.29) is 11.9 Å². The highest BCUT2D eigenvalue weighted by Crippen LogP contribution is 2.25. The molecule has 0 amide bonds. The van der Waals surface area contributed by atoms with Gasteiger partial charge in [-0.15, -0.1) is 0 Å². The van der Waals surface area contributed by atoms with E-state index in [1.165, 1.54) is 0 Å². The van der Waals surface area contributed by atoms with Gasteiger partial charge in [-0.1, -0.05) is 25.1 Å². The van der Waals surface area contributed by atoms with E-state index in [2.05, 4.69) is 34.6 Å². The van der Waals surface area contributed by atoms with Crippen molar-refractivity contribution in [3.8, 4) is 0 Å². The minimum absolute atomic E-state index is 0.248. The summed E-state index contributed by atoms with van der Waals surface area (Å²) in [5, 5.41) is 20.3. The molecule has 1 aliphatic rings. The molecule has 1 aromatic carbocycles. The maximum atomic E-state index is 14.7. The van der Waals surface area contributed by atoms with E-state index in [4.69, 9.17) is 4.52 Å². The number of nitrogens with one attached hydrogen (secondary N) is 2. The molecule has 0 atom stereocenters. The van der Waals surface area contributed by atoms with Gasteiger partial charge in [-0.05, 0) is 50.3 Å². The van der Waals surface area contributed by atoms with Crippen molar-refractivity contribution in [2.24, 2.45) is 4.99 Å². The van der Waals surface area contributed by atoms with Gasteiger partial charge in [-0.2, -0.15) is 0 Å². The fraction of sp³-hybridized carbons (Fsp3) is 0.583. The summed E-state index contributed by atoms with van der Waals surface area (Å²) in [7, 11) is 0. The molecule has 7 nitrogen and oxygen atoms in total. The molecular weight excluding hydrogens is 409 g/mol. The van der Waals surface area contributed by atoms with E-state index in [0.717, 1.165) is 36.4 Å². The SMILES string of the molecule is CCNC(=NCc1ccc(N2CCC(O)CC2)c(F)c1)NCc1cc(C(CC)CC)no1. The number of nitrogens with zero attached hydrogens (tertiary/aromatic N) is 3. The highest BCUT2D eigenvalue weighted by Gasteiger charge is 2.19. The van der Waals surface area contributed by atoms with E-state index < -0.39 is 0 Å². The van der Waals surface area contributed by atoms with Crippen LogP contribution in [0.15, 0.2) is 33.8 Å². The first-order valence-electron chi connectivity index (χ1n) is 11.7. The number of halogens is 1. The van der Waals surface area contributed by atoms with E-state index in [1.807, 2.05) is 30.0 Å². The average Bonchev–Trinajstić information content (AvgIpc) is 3.26. The summed E-state index contributed by atoms with van der Waals surface area (Å²) in [5.74, 6) is 1.58. The molecule has 0 unspecified atom stereocenters. The van der Waals surface area contributed by atoms with Crippen LogP contribution in [0.1, 0.15) is 69.4 Å². The van der Waals surface area contributed by atoms with Crippen LogP contribution in [0.2, 0.25) is 0 Å². The van der Waals surface area contributed by atoms with Crippen molar-refractivity contribution in [2.45, 2.75) is 71.6 Å². The van der Waals surface area contributed by atoms with Gasteiger partial charge in [0.05, 0.1) is 30.6 Å². The van der Waals surface area contributed by atoms with Gasteiger partial charge in [0.15, 0.2) is 11.7 Å². The summed E-state index contributed by atoms with van der Waals surface area (Å²) < 4.78 is 20.2. The van der Waals surface area contributed by atoms with Crippen LogP contribution < -0.4 is 15.5 Å². The van der Waals surface area contributed by atoms with Gasteiger partial charge < -0.3 is 25.2 Å². The largest absolute Gasteiger partial charge is 0.393 e. The van der Waals surface area contributed by atoms with Crippen LogP contribution in [-0.4, -0.2) is 42.0 Å². The molecule has 32 heavy (non-hydrogen) atoms. The Bertz CT molecular complexity index is 873. The standard InChI is InChI=1S/C24H36FN5O2/c1-4-18(5-2)22-14-20(32-29-22)16-28-24(26-6-3)27-15-17-7-8-23(21(25)13-17)30-11-9-19(31)10-12-30/h7-8,13-14,18-19,31H,4-6,9-12,15-16H2,1-3H3,(H2,26,27,28). The number of piperidine rings is 1. The normalized spacial score (nSPS) is 15.4. The maximum Gasteiger partial charge on any atom is 0.191 e. The Balaban J connectivity index is 1.59. The number of aliphatic hydroxyl groups excluding tert-OH is 1. The summed E-state index contributed by atoms with van der Waals surface area (Å²) >= 11 is 0. The van der Waals surface area contributed by atoms with Crippen molar-refractivity contribution in [1.29, 1.82) is 0 Å². The molecule has 1 aliphatic heterocycles. The van der Waals surface area contributed by atoms with Gasteiger partial charge >= 0.3 is 0 Å². The first-order valence-corrected chi connectivity index (χ1v) is 11.7. The monoisotopic (exact) mass is 445 g/mol. The van der Waals surface area contributed by atoms with Gasteiger partial charge in [0.2, 0.25) is 0 Å². The smallest absolute Gasteiger partial charge is 0.191 e. The Morgan fingerprint density at radius 1 is 1.22 bits per heavy atom. The van der Waals surface area contributed by atoms with Crippen LogP contribution in [0.3, 0.4) is 0 Å². The molecule has 0 aliphatic carbocycles. The summed E-state index contributed by atoms with van der Waals surface area (Å²) in [6.07, 6.45) is 3.15. The Hall–Kier alpha value is -2.61. The number of benzene rings is 1. The summed E-state index contributed by atoms with van der Waals surface area (Å²) in [6, 6.07) is 7.27. The number of hydrogen-bond donors (Lipinski definition) is 3. The van der Waals surface area contributed by atoms with Crippen molar-refractivity contribution in [1.82, 2.24) is 15.8 Å². The molecule has 8 heteroatoms. The van der Waals surface area contributed by atoms with Gasteiger partial charge in [0.25, 0.3) is 0 Å². The zero-order valence-corrected chi connectivity index (χ0v) is 19.4. The molecule has 2 heterocycles. The highest BCUT2D eigenvalue weighted by atomic mass is 19.1. The molecule has 2 aromatic rings. The van der Waals surface area contributed by atoms with Crippen molar-refractivity contribution >= 4 is 11.6 Å². The van der Waals surface area contributed by atoms with Crippen LogP contribution >= 0.6 is 0 Å². The van der Waals surface area contributed by atoms with Gasteiger partial charge in [-0.3, -0.25) is 0 Å². The number of aliphatic imine (C=N–C) groups is 1. The number of aliphatic hydroxyl groups is 1. The number of rotatable bonds is 9. The minimum atomic E-state index is -0.275. The molecule has 0 radical (unpaired) electrons. The van der Waals surface area contributed by atoms with Crippen molar-refractivity contribution < 1.29 is 14.0 Å². The van der Waals surface area contributed by atoms with Crippen molar-refractivity contribution in [3.05, 3.63) is 47.1 Å². The third-order valence-electron chi connectivity index (χ3n) is 5.99. The van der Waals surface area contributed by atoms with Crippen molar-refractivity contribution in [3.63, 3.8) is 0 Å². The predicted molar refractivity (Wildman–Crippen MR) is 125 cm³/mol. The number of anilines is 1. The van der Waals surface area contributed by atoms with Gasteiger partial charge in [-0.25, -0.2) is 9.38 Å². The lowest BCUT2D eigenvalue weighted by molar-refractivity contribution is 0.145. The van der Waals surface area contributed by atoms with Crippen LogP contribution in [0.5, 0.6) is 0 Å². The third-order valence-corrected chi connectivity index (χ3v) is 5.99. The van der Waals surface area contributed by atoms with Crippen LogP contribution in [-0.2, 0) is 13.1 Å². The summed E-state index contributed by atoms with van der Waals surface area (Å²) in [4.78, 5) is 6.58. The van der Waals surface area contributed by atoms with Crippen LogP contribution in [0.4, 0.5) is 10.1 Å². The minimum Gasteiger partial charge on any atom is -0.393 e. The first-order chi connectivity index (χ1) is 15.5. The Kier molecular flexibility index (Phi) is 8.90. The Morgan fingerprint density at radius 2 is 1.97 bits per heavy atom. The molecule has 3 N–H and O–H groups in total. The topological polar surface area (TPSA) is 85.9 Å². The van der Waals surface area contributed by atoms with E-state index in [1.54, 1.807) is 6.07 Å². The molecule has 1 aromatic heterocycles. The lowest BCUT2D eigenvalue weighted by atomic mass is 9.99. The second-order valence-corrected chi connectivity index (χ2v) is 8.28.